The van der Waals surface area contributed by atoms with Gasteiger partial charge in [0.1, 0.15) is 6.10 Å². The fraction of sp³-hybridized carbons (Fsp3) is 0.844. The number of carbonyl (C=O) groups is 3. The van der Waals surface area contributed by atoms with Crippen LogP contribution in [0.25, 0.3) is 0 Å². The highest BCUT2D eigenvalue weighted by atomic mass is 16.7. The Kier molecular flexibility index (Phi) is 15.5. The molecule has 0 bridgehead atoms. The standard InChI is InChI=1S/C32H58N2O6/c1-9-11-12-13-14-15-16-17-18-19-20-21-30(3,4)29(38)34-24(10-2)25(22-26(35)36)33-28(37)27-31(5,6)23-39-32(7,8)40-27/h12-13,24-25,27H,9-11,14-23H2,1-8H3,(H,33,37)(H,34,38)(H,35,36)/b13-12+. The van der Waals surface area contributed by atoms with Crippen LogP contribution in [0, 0.1) is 10.8 Å². The summed E-state index contributed by atoms with van der Waals surface area (Å²) in [7, 11) is 0. The van der Waals surface area contributed by atoms with Gasteiger partial charge in [0.25, 0.3) is 0 Å². The molecule has 1 saturated heterocycles. The molecule has 0 aromatic heterocycles. The molecule has 0 radical (unpaired) electrons. The molecule has 0 saturated carbocycles. The van der Waals surface area contributed by atoms with Crippen molar-refractivity contribution < 1.29 is 29.0 Å². The van der Waals surface area contributed by atoms with E-state index in [1.807, 2.05) is 34.6 Å². The molecule has 0 aromatic carbocycles. The minimum Gasteiger partial charge on any atom is -0.481 e. The maximum atomic E-state index is 13.3. The number of unbranched alkanes of at least 4 members (excludes halogenated alkanes) is 7. The van der Waals surface area contributed by atoms with E-state index in [-0.39, 0.29) is 12.3 Å². The van der Waals surface area contributed by atoms with E-state index in [0.29, 0.717) is 13.0 Å². The quantitative estimate of drug-likeness (QED) is 0.121. The minimum absolute atomic E-state index is 0.119. The second-order valence-electron chi connectivity index (χ2n) is 13.2. The van der Waals surface area contributed by atoms with Crippen LogP contribution in [-0.2, 0) is 23.9 Å². The fourth-order valence-corrected chi connectivity index (χ4v) is 4.96. The Hall–Kier alpha value is -1.93. The van der Waals surface area contributed by atoms with Crippen molar-refractivity contribution in [1.29, 1.82) is 0 Å². The first-order valence-corrected chi connectivity index (χ1v) is 15.4. The lowest BCUT2D eigenvalue weighted by Gasteiger charge is -2.45. The molecule has 0 aliphatic carbocycles. The fourth-order valence-electron chi connectivity index (χ4n) is 4.96. The molecule has 1 heterocycles. The molecule has 3 N–H and O–H groups in total. The third-order valence-electron chi connectivity index (χ3n) is 7.76. The Labute approximate surface area is 243 Å². The number of carbonyl (C=O) groups excluding carboxylic acids is 2. The van der Waals surface area contributed by atoms with Gasteiger partial charge in [0.15, 0.2) is 5.79 Å². The SMILES string of the molecule is CCC/C=C/CCCCCCCCC(C)(C)C(=O)NC(CC)C(CC(=O)O)NC(=O)C1OC(C)(C)OCC1(C)C. The lowest BCUT2D eigenvalue weighted by molar-refractivity contribution is -0.304. The van der Waals surface area contributed by atoms with E-state index in [9.17, 15) is 19.5 Å². The monoisotopic (exact) mass is 566 g/mol. The van der Waals surface area contributed by atoms with Crippen LogP contribution in [-0.4, -0.2) is 53.5 Å². The Morgan fingerprint density at radius 3 is 2.12 bits per heavy atom. The van der Waals surface area contributed by atoms with Gasteiger partial charge in [-0.15, -0.1) is 0 Å². The number of ether oxygens (including phenoxy) is 2. The van der Waals surface area contributed by atoms with E-state index >= 15 is 0 Å². The molecule has 8 heteroatoms. The molecule has 0 spiro atoms. The predicted octanol–water partition coefficient (Wildman–Crippen LogP) is 6.52. The average Bonchev–Trinajstić information content (AvgIpc) is 2.86. The number of rotatable bonds is 19. The van der Waals surface area contributed by atoms with Gasteiger partial charge in [0.05, 0.1) is 19.1 Å². The highest BCUT2D eigenvalue weighted by molar-refractivity contribution is 5.84. The summed E-state index contributed by atoms with van der Waals surface area (Å²) >= 11 is 0. The van der Waals surface area contributed by atoms with Gasteiger partial charge in [0.2, 0.25) is 11.8 Å². The summed E-state index contributed by atoms with van der Waals surface area (Å²) in [5.74, 6) is -2.47. The largest absolute Gasteiger partial charge is 0.481 e. The Morgan fingerprint density at radius 2 is 1.52 bits per heavy atom. The molecule has 3 atom stereocenters. The molecule has 0 aromatic rings. The maximum Gasteiger partial charge on any atom is 0.305 e. The van der Waals surface area contributed by atoms with Gasteiger partial charge < -0.3 is 25.2 Å². The van der Waals surface area contributed by atoms with Crippen molar-refractivity contribution in [1.82, 2.24) is 10.6 Å². The van der Waals surface area contributed by atoms with Crippen molar-refractivity contribution in [3.63, 3.8) is 0 Å². The van der Waals surface area contributed by atoms with Crippen LogP contribution >= 0.6 is 0 Å². The van der Waals surface area contributed by atoms with Gasteiger partial charge in [-0.05, 0) is 46.0 Å². The summed E-state index contributed by atoms with van der Waals surface area (Å²) in [6.45, 7) is 15.5. The normalized spacial score (nSPS) is 20.1. The Morgan fingerprint density at radius 1 is 0.925 bits per heavy atom. The van der Waals surface area contributed by atoms with Gasteiger partial charge >= 0.3 is 5.97 Å². The number of aliphatic carboxylic acids is 1. The highest BCUT2D eigenvalue weighted by Gasteiger charge is 2.46. The number of hydrogen-bond donors (Lipinski definition) is 3. The molecular weight excluding hydrogens is 508 g/mol. The summed E-state index contributed by atoms with van der Waals surface area (Å²) in [5, 5.41) is 15.5. The minimum atomic E-state index is -1.04. The number of amides is 2. The van der Waals surface area contributed by atoms with Crippen molar-refractivity contribution >= 4 is 17.8 Å². The Bertz CT molecular complexity index is 820. The van der Waals surface area contributed by atoms with E-state index in [1.165, 1.54) is 38.5 Å². The molecule has 1 rings (SSSR count). The zero-order valence-corrected chi connectivity index (χ0v) is 26.6. The molecule has 40 heavy (non-hydrogen) atoms. The number of hydrogen-bond acceptors (Lipinski definition) is 5. The molecule has 1 aliphatic heterocycles. The first kappa shape index (κ1) is 36.1. The van der Waals surface area contributed by atoms with E-state index in [4.69, 9.17) is 9.47 Å². The summed E-state index contributed by atoms with van der Waals surface area (Å²) in [6, 6.07) is -1.29. The zero-order chi connectivity index (χ0) is 30.4. The second-order valence-corrected chi connectivity index (χ2v) is 13.2. The summed E-state index contributed by atoms with van der Waals surface area (Å²) in [5.41, 5.74) is -1.18. The van der Waals surface area contributed by atoms with Crippen LogP contribution in [0.15, 0.2) is 12.2 Å². The topological polar surface area (TPSA) is 114 Å². The lowest BCUT2D eigenvalue weighted by Crippen LogP contribution is -2.61. The number of carboxylic acids is 1. The van der Waals surface area contributed by atoms with Crippen LogP contribution in [0.2, 0.25) is 0 Å². The molecule has 1 fully saturated rings. The van der Waals surface area contributed by atoms with E-state index in [1.54, 1.807) is 13.8 Å². The van der Waals surface area contributed by atoms with Crippen LogP contribution in [0.3, 0.4) is 0 Å². The van der Waals surface area contributed by atoms with Gasteiger partial charge in [-0.1, -0.05) is 92.2 Å². The maximum absolute atomic E-state index is 13.3. The van der Waals surface area contributed by atoms with Gasteiger partial charge in [-0.2, -0.15) is 0 Å². The molecule has 1 aliphatic rings. The van der Waals surface area contributed by atoms with Gasteiger partial charge in [-0.3, -0.25) is 14.4 Å². The van der Waals surface area contributed by atoms with Crippen LogP contribution in [0.4, 0.5) is 0 Å². The number of carboxylic acid groups (broad SMARTS) is 1. The van der Waals surface area contributed by atoms with Crippen molar-refractivity contribution in [3.8, 4) is 0 Å². The average molecular weight is 567 g/mol. The number of nitrogens with one attached hydrogen (secondary N) is 2. The predicted molar refractivity (Wildman–Crippen MR) is 160 cm³/mol. The van der Waals surface area contributed by atoms with Gasteiger partial charge in [-0.25, -0.2) is 0 Å². The molecular formula is C32H58N2O6. The third kappa shape index (κ3) is 13.2. The van der Waals surface area contributed by atoms with Crippen molar-refractivity contribution in [2.24, 2.45) is 10.8 Å². The molecule has 232 valence electrons. The first-order chi connectivity index (χ1) is 18.6. The summed E-state index contributed by atoms with van der Waals surface area (Å²) in [6.07, 6.45) is 15.1. The summed E-state index contributed by atoms with van der Waals surface area (Å²) < 4.78 is 11.7. The van der Waals surface area contributed by atoms with Crippen LogP contribution in [0.1, 0.15) is 132 Å². The second kappa shape index (κ2) is 17.1. The Balaban J connectivity index is 2.65. The zero-order valence-electron chi connectivity index (χ0n) is 26.6. The van der Waals surface area contributed by atoms with Crippen LogP contribution in [0.5, 0.6) is 0 Å². The number of allylic oxidation sites excluding steroid dienone is 2. The highest BCUT2D eigenvalue weighted by Crippen LogP contribution is 2.35. The van der Waals surface area contributed by atoms with Gasteiger partial charge in [0, 0.05) is 16.9 Å². The first-order valence-electron chi connectivity index (χ1n) is 15.4. The van der Waals surface area contributed by atoms with Crippen molar-refractivity contribution in [3.05, 3.63) is 12.2 Å². The summed E-state index contributed by atoms with van der Waals surface area (Å²) in [4.78, 5) is 38.3. The van der Waals surface area contributed by atoms with Crippen molar-refractivity contribution in [2.45, 2.75) is 156 Å². The smallest absolute Gasteiger partial charge is 0.305 e. The molecule has 8 nitrogen and oxygen atoms in total. The van der Waals surface area contributed by atoms with E-state index in [2.05, 4.69) is 29.7 Å². The third-order valence-corrected chi connectivity index (χ3v) is 7.76. The van der Waals surface area contributed by atoms with E-state index < -0.39 is 46.7 Å². The lowest BCUT2D eigenvalue weighted by atomic mass is 9.84. The van der Waals surface area contributed by atoms with Crippen LogP contribution < -0.4 is 10.6 Å². The molecule has 2 amide bonds. The van der Waals surface area contributed by atoms with E-state index in [0.717, 1.165) is 25.7 Å². The van der Waals surface area contributed by atoms with Crippen molar-refractivity contribution in [2.75, 3.05) is 6.61 Å². The molecule has 3 unspecified atom stereocenters.